The van der Waals surface area contributed by atoms with Crippen molar-refractivity contribution < 1.29 is 27.4 Å². The number of benzene rings is 1. The summed E-state index contributed by atoms with van der Waals surface area (Å²) in [7, 11) is 1.74. The zero-order chi connectivity index (χ0) is 28.3. The van der Waals surface area contributed by atoms with Crippen LogP contribution in [0.15, 0.2) is 42.6 Å². The third-order valence-corrected chi connectivity index (χ3v) is 7.17. The van der Waals surface area contributed by atoms with E-state index in [0.29, 0.717) is 73.9 Å². The lowest BCUT2D eigenvalue weighted by Gasteiger charge is -2.32. The number of hydrogen-bond acceptors (Lipinski definition) is 8. The molecule has 0 aliphatic carbocycles. The molecule has 0 spiro atoms. The van der Waals surface area contributed by atoms with E-state index >= 15 is 0 Å². The lowest BCUT2D eigenvalue weighted by Crippen LogP contribution is -2.41. The van der Waals surface area contributed by atoms with Gasteiger partial charge in [0.1, 0.15) is 18.2 Å². The molecule has 0 saturated carbocycles. The third-order valence-electron chi connectivity index (χ3n) is 6.87. The van der Waals surface area contributed by atoms with Crippen LogP contribution in [0.3, 0.4) is 0 Å². The van der Waals surface area contributed by atoms with E-state index in [1.807, 2.05) is 4.90 Å². The molecular weight excluding hydrogens is 549 g/mol. The number of rotatable bonds is 7. The normalized spacial score (nSPS) is 15.5. The monoisotopic (exact) mass is 576 g/mol. The first-order chi connectivity index (χ1) is 19.2. The van der Waals surface area contributed by atoms with Crippen LogP contribution < -0.4 is 14.5 Å². The molecule has 1 aromatic carbocycles. The Morgan fingerprint density at radius 1 is 1.12 bits per heavy atom. The number of amides is 1. The highest BCUT2D eigenvalue weighted by Gasteiger charge is 2.31. The molecule has 1 amide bonds. The molecule has 9 nitrogen and oxygen atoms in total. The van der Waals surface area contributed by atoms with Crippen LogP contribution >= 0.6 is 11.6 Å². The lowest BCUT2D eigenvalue weighted by molar-refractivity contribution is -0.137. The van der Waals surface area contributed by atoms with Crippen molar-refractivity contribution in [1.82, 2.24) is 19.9 Å². The zero-order valence-corrected chi connectivity index (χ0v) is 22.6. The van der Waals surface area contributed by atoms with E-state index in [-0.39, 0.29) is 24.9 Å². The Morgan fingerprint density at radius 3 is 2.58 bits per heavy atom. The second kappa shape index (κ2) is 11.8. The van der Waals surface area contributed by atoms with Gasteiger partial charge < -0.3 is 24.2 Å². The molecule has 0 bridgehead atoms. The molecule has 2 aliphatic rings. The van der Waals surface area contributed by atoms with Crippen LogP contribution in [0.2, 0.25) is 5.02 Å². The smallest absolute Gasteiger partial charge is 0.416 e. The molecule has 0 N–H and O–H groups in total. The van der Waals surface area contributed by atoms with E-state index in [9.17, 15) is 18.0 Å². The van der Waals surface area contributed by atoms with Gasteiger partial charge in [-0.25, -0.2) is 4.98 Å². The number of fused-ring (bicyclic) bond motifs is 1. The summed E-state index contributed by atoms with van der Waals surface area (Å²) in [5.41, 5.74) is 1.33. The molecule has 2 aliphatic heterocycles. The number of ether oxygens (including phenoxy) is 2. The minimum Gasteiger partial charge on any atom is -0.463 e. The Bertz CT molecular complexity index is 1350. The average molecular weight is 577 g/mol. The van der Waals surface area contributed by atoms with Crippen LogP contribution in [0.4, 0.5) is 30.5 Å². The van der Waals surface area contributed by atoms with E-state index in [4.69, 9.17) is 21.1 Å². The SMILES string of the molecule is CN(c1ccc(C(F)(F)F)cc1)c1nc(OCCC(=O)N2CCOCC2)nc2c1CCN(c1ncccc1Cl)C2. The van der Waals surface area contributed by atoms with Gasteiger partial charge in [-0.05, 0) is 42.8 Å². The Balaban J connectivity index is 1.41. The van der Waals surface area contributed by atoms with Gasteiger partial charge in [0.15, 0.2) is 0 Å². The Labute approximate surface area is 234 Å². The van der Waals surface area contributed by atoms with Gasteiger partial charge in [-0.3, -0.25) is 4.79 Å². The second-order valence-corrected chi connectivity index (χ2v) is 9.84. The Morgan fingerprint density at radius 2 is 1.88 bits per heavy atom. The highest BCUT2D eigenvalue weighted by Crippen LogP contribution is 2.36. The number of hydrogen-bond donors (Lipinski definition) is 0. The number of pyridine rings is 1. The van der Waals surface area contributed by atoms with Crippen LogP contribution in [-0.4, -0.2) is 72.3 Å². The molecule has 40 heavy (non-hydrogen) atoms. The van der Waals surface area contributed by atoms with E-state index < -0.39 is 11.7 Å². The number of carbonyl (C=O) groups excluding carboxylic acids is 1. The molecule has 1 saturated heterocycles. The van der Waals surface area contributed by atoms with Crippen LogP contribution in [0.5, 0.6) is 6.01 Å². The minimum absolute atomic E-state index is 0.0423. The van der Waals surface area contributed by atoms with E-state index in [1.165, 1.54) is 12.1 Å². The number of morpholine rings is 1. The molecule has 2 aromatic heterocycles. The number of aromatic nitrogens is 3. The summed E-state index contributed by atoms with van der Waals surface area (Å²) in [6.45, 7) is 3.16. The van der Waals surface area contributed by atoms with Gasteiger partial charge in [0.05, 0.1) is 42.5 Å². The van der Waals surface area contributed by atoms with Crippen molar-refractivity contribution in [2.24, 2.45) is 0 Å². The summed E-state index contributed by atoms with van der Waals surface area (Å²) in [5.74, 6) is 1.11. The van der Waals surface area contributed by atoms with Crippen LogP contribution in [0.1, 0.15) is 23.2 Å². The van der Waals surface area contributed by atoms with Crippen molar-refractivity contribution in [3.8, 4) is 6.01 Å². The molecule has 0 radical (unpaired) electrons. The first-order valence-corrected chi connectivity index (χ1v) is 13.2. The van der Waals surface area contributed by atoms with Crippen molar-refractivity contribution in [2.45, 2.75) is 25.6 Å². The summed E-state index contributed by atoms with van der Waals surface area (Å²) < 4.78 is 50.5. The van der Waals surface area contributed by atoms with Gasteiger partial charge in [-0.2, -0.15) is 23.1 Å². The van der Waals surface area contributed by atoms with Crippen LogP contribution in [0, 0.1) is 0 Å². The molecule has 5 rings (SSSR count). The minimum atomic E-state index is -4.43. The molecule has 0 atom stereocenters. The number of nitrogens with zero attached hydrogens (tertiary/aromatic N) is 6. The van der Waals surface area contributed by atoms with Gasteiger partial charge in [-0.1, -0.05) is 11.6 Å². The Kier molecular flexibility index (Phi) is 8.27. The first kappa shape index (κ1) is 27.9. The number of carbonyl (C=O) groups is 1. The third kappa shape index (κ3) is 6.23. The molecule has 3 aromatic rings. The first-order valence-electron chi connectivity index (χ1n) is 12.9. The fraction of sp³-hybridized carbons (Fsp3) is 0.407. The second-order valence-electron chi connectivity index (χ2n) is 9.43. The summed E-state index contributed by atoms with van der Waals surface area (Å²) >= 11 is 6.39. The quantitative estimate of drug-likeness (QED) is 0.407. The fourth-order valence-corrected chi connectivity index (χ4v) is 4.96. The standard InChI is InChI=1S/C27H28ClF3N6O3/c1-35(19-6-4-18(5-7-19)27(29,30)31)24-20-8-11-37(25-21(28)3-2-10-32-25)17-22(20)33-26(34-24)40-14-9-23(38)36-12-15-39-16-13-36/h2-7,10H,8-9,11-17H2,1H3. The van der Waals surface area contributed by atoms with Crippen LogP contribution in [0.25, 0.3) is 0 Å². The van der Waals surface area contributed by atoms with Crippen molar-refractivity contribution in [3.63, 3.8) is 0 Å². The number of anilines is 3. The predicted octanol–water partition coefficient (Wildman–Crippen LogP) is 4.50. The van der Waals surface area contributed by atoms with E-state index in [2.05, 4.69) is 15.0 Å². The van der Waals surface area contributed by atoms with Crippen LogP contribution in [-0.2, 0) is 28.7 Å². The lowest BCUT2D eigenvalue weighted by atomic mass is 10.0. The molecule has 212 valence electrons. The molecule has 0 unspecified atom stereocenters. The van der Waals surface area contributed by atoms with Crippen molar-refractivity contribution >= 4 is 34.8 Å². The van der Waals surface area contributed by atoms with Gasteiger partial charge >= 0.3 is 12.2 Å². The molecule has 13 heteroatoms. The van der Waals surface area contributed by atoms with Gasteiger partial charge in [0.25, 0.3) is 0 Å². The van der Waals surface area contributed by atoms with Gasteiger partial charge in [-0.15, -0.1) is 0 Å². The average Bonchev–Trinajstić information content (AvgIpc) is 2.96. The maximum Gasteiger partial charge on any atom is 0.416 e. The Hall–Kier alpha value is -3.64. The highest BCUT2D eigenvalue weighted by molar-refractivity contribution is 6.32. The van der Waals surface area contributed by atoms with E-state index in [0.717, 1.165) is 17.7 Å². The molecular formula is C27H28ClF3N6O3. The molecule has 1 fully saturated rings. The van der Waals surface area contributed by atoms with Crippen molar-refractivity contribution in [2.75, 3.05) is 56.3 Å². The predicted molar refractivity (Wildman–Crippen MR) is 143 cm³/mol. The zero-order valence-electron chi connectivity index (χ0n) is 21.8. The summed E-state index contributed by atoms with van der Waals surface area (Å²) in [6, 6.07) is 8.49. The highest BCUT2D eigenvalue weighted by atomic mass is 35.5. The maximum atomic E-state index is 13.1. The molecule has 4 heterocycles. The number of halogens is 4. The van der Waals surface area contributed by atoms with Gasteiger partial charge in [0.2, 0.25) is 5.91 Å². The van der Waals surface area contributed by atoms with Gasteiger partial charge in [0, 0.05) is 44.1 Å². The summed E-state index contributed by atoms with van der Waals surface area (Å²) in [4.78, 5) is 31.7. The summed E-state index contributed by atoms with van der Waals surface area (Å²) in [5, 5.41) is 0.514. The largest absolute Gasteiger partial charge is 0.463 e. The topological polar surface area (TPSA) is 83.9 Å². The maximum absolute atomic E-state index is 13.1. The van der Waals surface area contributed by atoms with Crippen molar-refractivity contribution in [3.05, 3.63) is 64.4 Å². The fourth-order valence-electron chi connectivity index (χ4n) is 4.72. The van der Waals surface area contributed by atoms with E-state index in [1.54, 1.807) is 35.2 Å². The van der Waals surface area contributed by atoms with Crippen molar-refractivity contribution in [1.29, 1.82) is 0 Å². The summed E-state index contributed by atoms with van der Waals surface area (Å²) in [6.07, 6.45) is -2.06. The number of alkyl halides is 3.